The molecule has 1 aromatic heterocycles. The Balaban J connectivity index is 1.57. The number of piperidine rings is 1. The lowest BCUT2D eigenvalue weighted by molar-refractivity contribution is 0.0453. The number of likely N-dealkylation sites (tertiary alicyclic amines) is 1. The van der Waals surface area contributed by atoms with Crippen LogP contribution in [0.15, 0.2) is 24.4 Å². The summed E-state index contributed by atoms with van der Waals surface area (Å²) in [4.78, 5) is 14.4. The largest absolute Gasteiger partial charge is 0.444 e. The average Bonchev–Trinajstić information content (AvgIpc) is 2.97. The molecule has 2 heterocycles. The van der Waals surface area contributed by atoms with Crippen LogP contribution >= 0.6 is 0 Å². The number of hydrogen-bond donors (Lipinski definition) is 2. The van der Waals surface area contributed by atoms with Gasteiger partial charge in [-0.25, -0.2) is 4.79 Å². The van der Waals surface area contributed by atoms with E-state index in [1.807, 2.05) is 27.0 Å². The minimum Gasteiger partial charge on any atom is -0.444 e. The molecular formula is C19H28N4O2. The monoisotopic (exact) mass is 344 g/mol. The molecule has 1 aliphatic heterocycles. The highest BCUT2D eigenvalue weighted by atomic mass is 16.6. The number of rotatable bonds is 3. The predicted molar refractivity (Wildman–Crippen MR) is 98.4 cm³/mol. The number of nitrogens with zero attached hydrogens (tertiary/aromatic N) is 2. The fourth-order valence-electron chi connectivity index (χ4n) is 3.44. The van der Waals surface area contributed by atoms with Gasteiger partial charge in [0.2, 0.25) is 0 Å². The summed E-state index contributed by atoms with van der Waals surface area (Å²) >= 11 is 0. The average molecular weight is 344 g/mol. The van der Waals surface area contributed by atoms with Gasteiger partial charge < -0.3 is 10.1 Å². The molecule has 25 heavy (non-hydrogen) atoms. The maximum absolute atomic E-state index is 12.0. The summed E-state index contributed by atoms with van der Waals surface area (Å²) in [6.07, 6.45) is 3.40. The molecule has 6 nitrogen and oxygen atoms in total. The zero-order chi connectivity index (χ0) is 18.0. The number of hydrogen-bond acceptors (Lipinski definition) is 4. The van der Waals surface area contributed by atoms with Crippen LogP contribution in [0.25, 0.3) is 10.9 Å². The van der Waals surface area contributed by atoms with Crippen molar-refractivity contribution in [3.05, 3.63) is 30.0 Å². The molecule has 1 amide bonds. The number of H-pyrrole nitrogens is 1. The number of carbonyl (C=O) groups excluding carboxylic acids is 1. The fraction of sp³-hybridized carbons (Fsp3) is 0.579. The lowest BCUT2D eigenvalue weighted by Crippen LogP contribution is -2.49. The molecule has 136 valence electrons. The van der Waals surface area contributed by atoms with Crippen molar-refractivity contribution in [2.75, 3.05) is 6.54 Å². The number of nitrogens with one attached hydrogen (secondary N) is 2. The third-order valence-corrected chi connectivity index (χ3v) is 4.67. The molecule has 1 aromatic carbocycles. The Morgan fingerprint density at radius 2 is 2.24 bits per heavy atom. The van der Waals surface area contributed by atoms with E-state index in [1.54, 1.807) is 0 Å². The number of aromatic amines is 1. The van der Waals surface area contributed by atoms with E-state index in [2.05, 4.69) is 45.5 Å². The van der Waals surface area contributed by atoms with Gasteiger partial charge in [0.15, 0.2) is 0 Å². The van der Waals surface area contributed by atoms with Crippen molar-refractivity contribution >= 4 is 17.0 Å². The summed E-state index contributed by atoms with van der Waals surface area (Å²) in [6.45, 7) is 9.71. The van der Waals surface area contributed by atoms with Crippen molar-refractivity contribution in [3.63, 3.8) is 0 Å². The maximum atomic E-state index is 12.0. The van der Waals surface area contributed by atoms with E-state index in [9.17, 15) is 4.79 Å². The Labute approximate surface area is 148 Å². The normalized spacial score (nSPS) is 22.1. The number of aromatic nitrogens is 2. The number of fused-ring (bicyclic) bond motifs is 1. The molecule has 0 aliphatic carbocycles. The number of carbonyl (C=O) groups is 1. The van der Waals surface area contributed by atoms with Gasteiger partial charge in [0, 0.05) is 30.6 Å². The number of alkyl carbamates (subject to hydrolysis) is 1. The minimum atomic E-state index is -0.459. The molecule has 0 spiro atoms. The molecule has 0 bridgehead atoms. The lowest BCUT2D eigenvalue weighted by atomic mass is 9.97. The molecule has 1 fully saturated rings. The van der Waals surface area contributed by atoms with Crippen molar-refractivity contribution in [1.29, 1.82) is 0 Å². The summed E-state index contributed by atoms with van der Waals surface area (Å²) < 4.78 is 5.36. The Bertz CT molecular complexity index is 734. The van der Waals surface area contributed by atoms with Crippen molar-refractivity contribution in [2.24, 2.45) is 0 Å². The molecule has 2 aromatic rings. The first kappa shape index (κ1) is 17.7. The topological polar surface area (TPSA) is 70.2 Å². The minimum absolute atomic E-state index is 0.170. The van der Waals surface area contributed by atoms with Crippen molar-refractivity contribution < 1.29 is 9.53 Å². The highest BCUT2D eigenvalue weighted by molar-refractivity contribution is 5.81. The summed E-state index contributed by atoms with van der Waals surface area (Å²) in [6, 6.07) is 6.87. The lowest BCUT2D eigenvalue weighted by Gasteiger charge is -2.38. The molecule has 0 radical (unpaired) electrons. The number of amides is 1. The molecule has 2 N–H and O–H groups in total. The van der Waals surface area contributed by atoms with Gasteiger partial charge in [-0.2, -0.15) is 5.10 Å². The zero-order valence-corrected chi connectivity index (χ0v) is 15.5. The zero-order valence-electron chi connectivity index (χ0n) is 15.5. The molecule has 2 atom stereocenters. The first-order valence-electron chi connectivity index (χ1n) is 8.96. The van der Waals surface area contributed by atoms with Crippen LogP contribution in [-0.4, -0.2) is 45.4 Å². The molecule has 1 aliphatic rings. The summed E-state index contributed by atoms with van der Waals surface area (Å²) in [5.74, 6) is 0. The van der Waals surface area contributed by atoms with Gasteiger partial charge in [-0.05, 0) is 46.1 Å². The van der Waals surface area contributed by atoms with E-state index < -0.39 is 5.60 Å². The second-order valence-corrected chi connectivity index (χ2v) is 7.94. The highest BCUT2D eigenvalue weighted by Crippen LogP contribution is 2.23. The van der Waals surface area contributed by atoms with E-state index in [0.29, 0.717) is 6.04 Å². The van der Waals surface area contributed by atoms with Gasteiger partial charge in [-0.1, -0.05) is 18.2 Å². The standard InChI is InChI=1S/C19H28N4O2/c1-13-10-16(21-18(24)25-19(2,3)4)8-9-23(13)12-15-7-5-6-14-11-20-22-17(14)15/h5-7,11,13,16H,8-10,12H2,1-4H3,(H,20,22)(H,21,24)/t13-,16-/m0/s1. The van der Waals surface area contributed by atoms with Crippen LogP contribution in [0, 0.1) is 0 Å². The number of para-hydroxylation sites is 1. The van der Waals surface area contributed by atoms with Gasteiger partial charge in [-0.3, -0.25) is 10.00 Å². The Morgan fingerprint density at radius 1 is 1.44 bits per heavy atom. The molecule has 3 rings (SSSR count). The second kappa shape index (κ2) is 7.04. The van der Waals surface area contributed by atoms with Crippen molar-refractivity contribution in [2.45, 2.75) is 64.8 Å². The van der Waals surface area contributed by atoms with Crippen LogP contribution in [-0.2, 0) is 11.3 Å². The molecule has 6 heteroatoms. The Hall–Kier alpha value is -2.08. The van der Waals surface area contributed by atoms with Crippen LogP contribution in [0.3, 0.4) is 0 Å². The van der Waals surface area contributed by atoms with Crippen LogP contribution in [0.2, 0.25) is 0 Å². The molecule has 0 saturated carbocycles. The Kier molecular flexibility index (Phi) is 4.99. The summed E-state index contributed by atoms with van der Waals surface area (Å²) in [5, 5.41) is 11.4. The highest BCUT2D eigenvalue weighted by Gasteiger charge is 2.28. The van der Waals surface area contributed by atoms with Crippen molar-refractivity contribution in [3.8, 4) is 0 Å². The fourth-order valence-corrected chi connectivity index (χ4v) is 3.44. The number of benzene rings is 1. The van der Waals surface area contributed by atoms with Gasteiger partial charge in [0.05, 0.1) is 11.7 Å². The SMILES string of the molecule is C[C@H]1C[C@@H](NC(=O)OC(C)(C)C)CCN1Cc1cccc2cn[nH]c12. The first-order valence-corrected chi connectivity index (χ1v) is 8.96. The van der Waals surface area contributed by atoms with E-state index in [0.717, 1.165) is 36.8 Å². The van der Waals surface area contributed by atoms with Gasteiger partial charge in [-0.15, -0.1) is 0 Å². The van der Waals surface area contributed by atoms with Crippen molar-refractivity contribution in [1.82, 2.24) is 20.4 Å². The molecule has 0 unspecified atom stereocenters. The van der Waals surface area contributed by atoms with Gasteiger partial charge >= 0.3 is 6.09 Å². The first-order chi connectivity index (χ1) is 11.8. The van der Waals surface area contributed by atoms with E-state index in [-0.39, 0.29) is 12.1 Å². The van der Waals surface area contributed by atoms with Crippen LogP contribution in [0.1, 0.15) is 46.1 Å². The Morgan fingerprint density at radius 3 is 2.96 bits per heavy atom. The summed E-state index contributed by atoms with van der Waals surface area (Å²) in [5.41, 5.74) is 1.92. The van der Waals surface area contributed by atoms with E-state index in [4.69, 9.17) is 4.74 Å². The maximum Gasteiger partial charge on any atom is 0.407 e. The second-order valence-electron chi connectivity index (χ2n) is 7.94. The third-order valence-electron chi connectivity index (χ3n) is 4.67. The molecule has 1 saturated heterocycles. The van der Waals surface area contributed by atoms with Gasteiger partial charge in [0.25, 0.3) is 0 Å². The quantitative estimate of drug-likeness (QED) is 0.895. The van der Waals surface area contributed by atoms with Gasteiger partial charge in [0.1, 0.15) is 5.60 Å². The molecular weight excluding hydrogens is 316 g/mol. The van der Waals surface area contributed by atoms with Crippen LogP contribution in [0.4, 0.5) is 4.79 Å². The van der Waals surface area contributed by atoms with E-state index in [1.165, 1.54) is 5.56 Å². The summed E-state index contributed by atoms with van der Waals surface area (Å²) in [7, 11) is 0. The smallest absolute Gasteiger partial charge is 0.407 e. The van der Waals surface area contributed by atoms with Crippen LogP contribution < -0.4 is 5.32 Å². The van der Waals surface area contributed by atoms with E-state index >= 15 is 0 Å². The number of ether oxygens (including phenoxy) is 1. The van der Waals surface area contributed by atoms with Crippen LogP contribution in [0.5, 0.6) is 0 Å². The predicted octanol–water partition coefficient (Wildman–Crippen LogP) is 3.44. The third kappa shape index (κ3) is 4.51.